The standard InChI is InChI=1S/C14H12N6/c1-19-14-12(8-15-19)17-13(18-14)10-7-16-20(9-10)11-5-3-2-4-6-11/h2-9H,1H3,(H,17,18). The van der Waals surface area contributed by atoms with Crippen LogP contribution in [0.2, 0.25) is 0 Å². The Morgan fingerprint density at radius 1 is 1.05 bits per heavy atom. The first-order valence-electron chi connectivity index (χ1n) is 6.29. The number of para-hydroxylation sites is 1. The first-order chi connectivity index (χ1) is 9.81. The largest absolute Gasteiger partial charge is 0.335 e. The number of aromatic nitrogens is 6. The second-order valence-corrected chi connectivity index (χ2v) is 4.60. The fourth-order valence-electron chi connectivity index (χ4n) is 2.22. The van der Waals surface area contributed by atoms with Gasteiger partial charge in [0.05, 0.1) is 23.6 Å². The van der Waals surface area contributed by atoms with E-state index in [0.717, 1.165) is 28.2 Å². The average molecular weight is 264 g/mol. The molecule has 0 atom stereocenters. The zero-order valence-electron chi connectivity index (χ0n) is 10.9. The smallest absolute Gasteiger partial charge is 0.176 e. The van der Waals surface area contributed by atoms with Gasteiger partial charge in [0.2, 0.25) is 0 Å². The molecule has 1 N–H and O–H groups in total. The SMILES string of the molecule is Cn1ncc2[nH]c(-c3cnn(-c4ccccc4)c3)nc21. The Balaban J connectivity index is 1.77. The lowest BCUT2D eigenvalue weighted by Gasteiger charge is -1.98. The summed E-state index contributed by atoms with van der Waals surface area (Å²) in [5, 5.41) is 8.52. The predicted octanol–water partition coefficient (Wildman–Crippen LogP) is 2.15. The van der Waals surface area contributed by atoms with Crippen LogP contribution in [0.5, 0.6) is 0 Å². The Morgan fingerprint density at radius 2 is 1.90 bits per heavy atom. The summed E-state index contributed by atoms with van der Waals surface area (Å²) in [6.07, 6.45) is 5.53. The van der Waals surface area contributed by atoms with Crippen molar-refractivity contribution in [2.75, 3.05) is 0 Å². The average Bonchev–Trinajstić information content (AvgIpc) is 3.17. The van der Waals surface area contributed by atoms with Gasteiger partial charge in [-0.05, 0) is 12.1 Å². The van der Waals surface area contributed by atoms with Crippen molar-refractivity contribution in [2.24, 2.45) is 7.05 Å². The molecule has 0 amide bonds. The van der Waals surface area contributed by atoms with Gasteiger partial charge in [0.15, 0.2) is 5.65 Å². The van der Waals surface area contributed by atoms with Gasteiger partial charge >= 0.3 is 0 Å². The molecule has 0 saturated carbocycles. The van der Waals surface area contributed by atoms with Crippen LogP contribution in [0, 0.1) is 0 Å². The number of nitrogens with zero attached hydrogens (tertiary/aromatic N) is 5. The van der Waals surface area contributed by atoms with Crippen LogP contribution < -0.4 is 0 Å². The van der Waals surface area contributed by atoms with E-state index in [-0.39, 0.29) is 0 Å². The monoisotopic (exact) mass is 264 g/mol. The van der Waals surface area contributed by atoms with E-state index in [4.69, 9.17) is 0 Å². The number of aryl methyl sites for hydroxylation is 1. The van der Waals surface area contributed by atoms with Gasteiger partial charge in [0.25, 0.3) is 0 Å². The van der Waals surface area contributed by atoms with Gasteiger partial charge in [-0.2, -0.15) is 10.2 Å². The molecule has 0 radical (unpaired) electrons. The summed E-state index contributed by atoms with van der Waals surface area (Å²) in [5.41, 5.74) is 3.74. The van der Waals surface area contributed by atoms with Crippen LogP contribution in [0.4, 0.5) is 0 Å². The van der Waals surface area contributed by atoms with Crippen molar-refractivity contribution in [3.8, 4) is 17.1 Å². The highest BCUT2D eigenvalue weighted by Gasteiger charge is 2.10. The maximum atomic E-state index is 4.54. The fourth-order valence-corrected chi connectivity index (χ4v) is 2.22. The van der Waals surface area contributed by atoms with Crippen LogP contribution in [0.1, 0.15) is 0 Å². The van der Waals surface area contributed by atoms with E-state index in [0.29, 0.717) is 0 Å². The maximum absolute atomic E-state index is 4.54. The van der Waals surface area contributed by atoms with Gasteiger partial charge < -0.3 is 4.98 Å². The van der Waals surface area contributed by atoms with Crippen molar-refractivity contribution >= 4 is 11.2 Å². The number of hydrogen-bond donors (Lipinski definition) is 1. The second kappa shape index (κ2) is 4.06. The number of hydrogen-bond acceptors (Lipinski definition) is 3. The minimum Gasteiger partial charge on any atom is -0.335 e. The van der Waals surface area contributed by atoms with Crippen LogP contribution in [-0.2, 0) is 7.05 Å². The van der Waals surface area contributed by atoms with Gasteiger partial charge in [-0.15, -0.1) is 0 Å². The Morgan fingerprint density at radius 3 is 2.70 bits per heavy atom. The topological polar surface area (TPSA) is 64.3 Å². The number of fused-ring (bicyclic) bond motifs is 1. The molecule has 98 valence electrons. The van der Waals surface area contributed by atoms with E-state index in [9.17, 15) is 0 Å². The second-order valence-electron chi connectivity index (χ2n) is 4.60. The molecule has 3 heterocycles. The number of imidazole rings is 1. The molecule has 0 aliphatic carbocycles. The van der Waals surface area contributed by atoms with E-state index in [2.05, 4.69) is 20.2 Å². The molecule has 20 heavy (non-hydrogen) atoms. The van der Waals surface area contributed by atoms with Gasteiger partial charge in [-0.3, -0.25) is 0 Å². The summed E-state index contributed by atoms with van der Waals surface area (Å²) < 4.78 is 3.58. The number of aromatic amines is 1. The summed E-state index contributed by atoms with van der Waals surface area (Å²) in [6.45, 7) is 0. The number of nitrogens with one attached hydrogen (secondary N) is 1. The Kier molecular flexibility index (Phi) is 2.23. The lowest BCUT2D eigenvalue weighted by molar-refractivity contribution is 0.787. The molecule has 0 fully saturated rings. The number of benzene rings is 1. The fraction of sp³-hybridized carbons (Fsp3) is 0.0714. The molecule has 4 aromatic rings. The quantitative estimate of drug-likeness (QED) is 0.603. The van der Waals surface area contributed by atoms with E-state index < -0.39 is 0 Å². The summed E-state index contributed by atoms with van der Waals surface area (Å²) in [4.78, 5) is 7.79. The number of H-pyrrole nitrogens is 1. The zero-order valence-corrected chi connectivity index (χ0v) is 10.9. The number of rotatable bonds is 2. The van der Waals surface area contributed by atoms with Crippen molar-refractivity contribution in [1.82, 2.24) is 29.5 Å². The molecule has 1 aromatic carbocycles. The van der Waals surface area contributed by atoms with Gasteiger partial charge in [0, 0.05) is 13.2 Å². The van der Waals surface area contributed by atoms with E-state index >= 15 is 0 Å². The molecule has 0 saturated heterocycles. The summed E-state index contributed by atoms with van der Waals surface area (Å²) >= 11 is 0. The minimum absolute atomic E-state index is 0.801. The van der Waals surface area contributed by atoms with Crippen molar-refractivity contribution in [3.63, 3.8) is 0 Å². The third kappa shape index (κ3) is 1.62. The molecule has 3 aromatic heterocycles. The van der Waals surface area contributed by atoms with Crippen LogP contribution in [0.3, 0.4) is 0 Å². The van der Waals surface area contributed by atoms with Crippen molar-refractivity contribution in [2.45, 2.75) is 0 Å². The van der Waals surface area contributed by atoms with Crippen LogP contribution in [0.15, 0.2) is 48.9 Å². The summed E-state index contributed by atoms with van der Waals surface area (Å²) in [5.74, 6) is 0.801. The van der Waals surface area contributed by atoms with Crippen molar-refractivity contribution in [3.05, 3.63) is 48.9 Å². The highest BCUT2D eigenvalue weighted by molar-refractivity contribution is 5.75. The maximum Gasteiger partial charge on any atom is 0.176 e. The predicted molar refractivity (Wildman–Crippen MR) is 75.4 cm³/mol. The minimum atomic E-state index is 0.801. The molecule has 6 heteroatoms. The Labute approximate surface area is 114 Å². The van der Waals surface area contributed by atoms with E-state index in [1.807, 2.05) is 48.3 Å². The molecule has 0 bridgehead atoms. The Bertz CT molecular complexity index is 867. The van der Waals surface area contributed by atoms with Crippen molar-refractivity contribution in [1.29, 1.82) is 0 Å². The first kappa shape index (κ1) is 11.0. The molecular formula is C14H12N6. The van der Waals surface area contributed by atoms with Crippen LogP contribution in [-0.4, -0.2) is 29.5 Å². The van der Waals surface area contributed by atoms with Gasteiger partial charge in [0.1, 0.15) is 11.3 Å². The molecule has 0 spiro atoms. The molecular weight excluding hydrogens is 252 g/mol. The lowest BCUT2D eigenvalue weighted by atomic mass is 10.3. The highest BCUT2D eigenvalue weighted by atomic mass is 15.3. The zero-order chi connectivity index (χ0) is 13.5. The van der Waals surface area contributed by atoms with Gasteiger partial charge in [-0.1, -0.05) is 18.2 Å². The van der Waals surface area contributed by atoms with E-state index in [1.54, 1.807) is 17.1 Å². The van der Waals surface area contributed by atoms with Crippen molar-refractivity contribution < 1.29 is 0 Å². The molecule has 6 nitrogen and oxygen atoms in total. The normalized spacial score (nSPS) is 11.2. The third-order valence-corrected chi connectivity index (χ3v) is 3.26. The lowest BCUT2D eigenvalue weighted by Crippen LogP contribution is -1.92. The summed E-state index contributed by atoms with van der Waals surface area (Å²) in [6, 6.07) is 9.99. The highest BCUT2D eigenvalue weighted by Crippen LogP contribution is 2.20. The van der Waals surface area contributed by atoms with Gasteiger partial charge in [-0.25, -0.2) is 14.3 Å². The first-order valence-corrected chi connectivity index (χ1v) is 6.29. The molecule has 0 aliphatic heterocycles. The van der Waals surface area contributed by atoms with Crippen LogP contribution in [0.25, 0.3) is 28.2 Å². The summed E-state index contributed by atoms with van der Waals surface area (Å²) in [7, 11) is 1.88. The molecule has 4 rings (SSSR count). The Hall–Kier alpha value is -2.89. The third-order valence-electron chi connectivity index (χ3n) is 3.26. The van der Waals surface area contributed by atoms with Crippen LogP contribution >= 0.6 is 0 Å². The van der Waals surface area contributed by atoms with E-state index in [1.165, 1.54) is 0 Å². The molecule has 0 aliphatic rings. The molecule has 0 unspecified atom stereocenters.